The van der Waals surface area contributed by atoms with Crippen LogP contribution in [0.15, 0.2) is 24.3 Å². The summed E-state index contributed by atoms with van der Waals surface area (Å²) in [6, 6.07) is -0.943. The number of rotatable bonds is 13. The smallest absolute Gasteiger partial charge is 0.303 e. The van der Waals surface area contributed by atoms with Crippen molar-refractivity contribution in [1.82, 2.24) is 0 Å². The summed E-state index contributed by atoms with van der Waals surface area (Å²) in [5, 5.41) is 30.0. The second-order valence-corrected chi connectivity index (χ2v) is 7.15. The number of nitrogens with zero attached hydrogens (tertiary/aromatic N) is 1. The van der Waals surface area contributed by atoms with Crippen molar-refractivity contribution in [3.05, 3.63) is 34.4 Å². The molecule has 7 heteroatoms. The Morgan fingerprint density at radius 1 is 1.33 bits per heavy atom. The first-order valence-electron chi connectivity index (χ1n) is 9.76. The molecule has 27 heavy (non-hydrogen) atoms. The fraction of sp³-hybridized carbons (Fsp3) is 0.700. The Bertz CT molecular complexity index is 557. The highest BCUT2D eigenvalue weighted by atomic mass is 16.6. The van der Waals surface area contributed by atoms with Gasteiger partial charge in [-0.1, -0.05) is 50.5 Å². The average molecular weight is 381 g/mol. The predicted molar refractivity (Wildman–Crippen MR) is 102 cm³/mol. The maximum atomic E-state index is 12.3. The van der Waals surface area contributed by atoms with E-state index in [9.17, 15) is 24.8 Å². The number of carboxylic acids is 1. The zero-order chi connectivity index (χ0) is 20.2. The van der Waals surface area contributed by atoms with Crippen LogP contribution >= 0.6 is 0 Å². The SMILES string of the molecule is CCCCC[C@H](O)/C=C/[C@H]1[C@H]([N+](=O)[O-])CC(=O)[C@@H]1C/C=C\CCCC(=O)O. The number of carboxylic acid groups (broad SMARTS) is 1. The van der Waals surface area contributed by atoms with Gasteiger partial charge >= 0.3 is 5.97 Å². The lowest BCUT2D eigenvalue weighted by Gasteiger charge is -2.15. The van der Waals surface area contributed by atoms with Crippen molar-refractivity contribution in [3.63, 3.8) is 0 Å². The summed E-state index contributed by atoms with van der Waals surface area (Å²) < 4.78 is 0. The number of hydrogen-bond donors (Lipinski definition) is 2. The third-order valence-corrected chi connectivity index (χ3v) is 4.98. The van der Waals surface area contributed by atoms with Crippen LogP contribution in [-0.4, -0.2) is 39.0 Å². The number of nitro groups is 1. The van der Waals surface area contributed by atoms with Crippen LogP contribution in [0.5, 0.6) is 0 Å². The van der Waals surface area contributed by atoms with Gasteiger partial charge in [-0.15, -0.1) is 0 Å². The number of hydrogen-bond acceptors (Lipinski definition) is 5. The average Bonchev–Trinajstić information content (AvgIpc) is 2.92. The molecule has 2 N–H and O–H groups in total. The van der Waals surface area contributed by atoms with Gasteiger partial charge < -0.3 is 10.2 Å². The van der Waals surface area contributed by atoms with Gasteiger partial charge in [-0.05, 0) is 25.7 Å². The molecule has 1 saturated carbocycles. The Hall–Kier alpha value is -2.02. The molecule has 0 unspecified atom stereocenters. The molecule has 0 aromatic rings. The van der Waals surface area contributed by atoms with E-state index in [4.69, 9.17) is 5.11 Å². The van der Waals surface area contributed by atoms with Gasteiger partial charge in [0.25, 0.3) is 0 Å². The maximum absolute atomic E-state index is 12.3. The van der Waals surface area contributed by atoms with Crippen LogP contribution in [0, 0.1) is 22.0 Å². The number of allylic oxidation sites excluding steroid dienone is 2. The topological polar surface area (TPSA) is 118 Å². The van der Waals surface area contributed by atoms with Crippen LogP contribution in [0.2, 0.25) is 0 Å². The Balaban J connectivity index is 2.66. The minimum absolute atomic E-state index is 0.0779. The lowest BCUT2D eigenvalue weighted by Crippen LogP contribution is -2.26. The third kappa shape index (κ3) is 8.47. The molecule has 0 spiro atoms. The Kier molecular flexibility index (Phi) is 10.6. The van der Waals surface area contributed by atoms with E-state index in [0.717, 1.165) is 19.3 Å². The first-order valence-corrected chi connectivity index (χ1v) is 9.76. The van der Waals surface area contributed by atoms with E-state index in [-0.39, 0.29) is 18.6 Å². The van der Waals surface area contributed by atoms with E-state index < -0.39 is 34.9 Å². The summed E-state index contributed by atoms with van der Waals surface area (Å²) in [5.74, 6) is -1.94. The zero-order valence-corrected chi connectivity index (χ0v) is 16.0. The molecule has 1 rings (SSSR count). The summed E-state index contributed by atoms with van der Waals surface area (Å²) in [6.07, 6.45) is 11.4. The summed E-state index contributed by atoms with van der Waals surface area (Å²) in [7, 11) is 0. The second kappa shape index (κ2) is 12.4. The fourth-order valence-electron chi connectivity index (χ4n) is 3.43. The van der Waals surface area contributed by atoms with Crippen LogP contribution in [0.3, 0.4) is 0 Å². The maximum Gasteiger partial charge on any atom is 0.303 e. The summed E-state index contributed by atoms with van der Waals surface area (Å²) in [4.78, 5) is 33.7. The van der Waals surface area contributed by atoms with E-state index in [0.29, 0.717) is 25.7 Å². The van der Waals surface area contributed by atoms with Crippen molar-refractivity contribution in [2.45, 2.75) is 76.9 Å². The Morgan fingerprint density at radius 2 is 2.07 bits per heavy atom. The van der Waals surface area contributed by atoms with Crippen molar-refractivity contribution >= 4 is 11.8 Å². The minimum atomic E-state index is -0.943. The third-order valence-electron chi connectivity index (χ3n) is 4.98. The lowest BCUT2D eigenvalue weighted by molar-refractivity contribution is -0.526. The molecule has 0 amide bonds. The van der Waals surface area contributed by atoms with Crippen LogP contribution in [0.4, 0.5) is 0 Å². The van der Waals surface area contributed by atoms with Crippen molar-refractivity contribution in [1.29, 1.82) is 0 Å². The molecule has 4 atom stereocenters. The molecule has 0 bridgehead atoms. The minimum Gasteiger partial charge on any atom is -0.481 e. The van der Waals surface area contributed by atoms with Crippen molar-refractivity contribution < 1.29 is 24.7 Å². The normalized spacial score (nSPS) is 24.1. The van der Waals surface area contributed by atoms with Gasteiger partial charge in [-0.2, -0.15) is 0 Å². The highest BCUT2D eigenvalue weighted by Gasteiger charge is 2.47. The summed E-state index contributed by atoms with van der Waals surface area (Å²) in [5.41, 5.74) is 0. The van der Waals surface area contributed by atoms with E-state index in [1.54, 1.807) is 12.2 Å². The molecule has 0 aromatic carbocycles. The van der Waals surface area contributed by atoms with Crippen molar-refractivity contribution in [2.75, 3.05) is 0 Å². The van der Waals surface area contributed by atoms with Gasteiger partial charge in [0, 0.05) is 17.3 Å². The number of carbonyl (C=O) groups excluding carboxylic acids is 1. The molecule has 0 heterocycles. The molecular weight excluding hydrogens is 350 g/mol. The molecule has 0 aromatic heterocycles. The molecule has 0 saturated heterocycles. The van der Waals surface area contributed by atoms with Crippen LogP contribution in [-0.2, 0) is 9.59 Å². The zero-order valence-electron chi connectivity index (χ0n) is 16.0. The Morgan fingerprint density at radius 3 is 2.70 bits per heavy atom. The van der Waals surface area contributed by atoms with Gasteiger partial charge in [0.2, 0.25) is 6.04 Å². The first kappa shape index (κ1) is 23.0. The highest BCUT2D eigenvalue weighted by molar-refractivity contribution is 5.84. The number of aliphatic hydroxyl groups is 1. The van der Waals surface area contributed by atoms with E-state index in [2.05, 4.69) is 6.92 Å². The van der Waals surface area contributed by atoms with Gasteiger partial charge in [0.1, 0.15) is 5.78 Å². The van der Waals surface area contributed by atoms with Crippen LogP contribution < -0.4 is 0 Å². The van der Waals surface area contributed by atoms with E-state index in [1.165, 1.54) is 0 Å². The number of aliphatic hydroxyl groups excluding tert-OH is 1. The van der Waals surface area contributed by atoms with Crippen LogP contribution in [0.25, 0.3) is 0 Å². The molecule has 7 nitrogen and oxygen atoms in total. The number of carbonyl (C=O) groups is 2. The molecular formula is C20H31NO6. The number of ketones is 1. The molecule has 0 aliphatic heterocycles. The van der Waals surface area contributed by atoms with Crippen molar-refractivity contribution in [2.24, 2.45) is 11.8 Å². The van der Waals surface area contributed by atoms with E-state index in [1.807, 2.05) is 12.2 Å². The number of unbranched alkanes of at least 4 members (excludes halogenated alkanes) is 3. The lowest BCUT2D eigenvalue weighted by atomic mass is 9.89. The predicted octanol–water partition coefficient (Wildman–Crippen LogP) is 3.54. The van der Waals surface area contributed by atoms with Gasteiger partial charge in [0.15, 0.2) is 0 Å². The van der Waals surface area contributed by atoms with E-state index >= 15 is 0 Å². The second-order valence-electron chi connectivity index (χ2n) is 7.15. The molecule has 1 aliphatic rings. The molecule has 1 aliphatic carbocycles. The standard InChI is InChI=1S/C20H31NO6/c1-2-3-6-9-15(22)12-13-16-17(19(23)14-18(16)21(26)27)10-7-4-5-8-11-20(24)25/h4,7,12-13,15-18,22H,2-3,5-6,8-11,14H2,1H3,(H,24,25)/b7-4-,13-12+/t15-,16+,17+,18+/m0/s1. The molecule has 1 fully saturated rings. The summed E-state index contributed by atoms with van der Waals surface area (Å²) in [6.45, 7) is 2.08. The van der Waals surface area contributed by atoms with Gasteiger partial charge in [-0.25, -0.2) is 0 Å². The summed E-state index contributed by atoms with van der Waals surface area (Å²) >= 11 is 0. The van der Waals surface area contributed by atoms with Crippen LogP contribution in [0.1, 0.15) is 64.7 Å². The Labute approximate surface area is 160 Å². The quantitative estimate of drug-likeness (QED) is 0.218. The number of aliphatic carboxylic acids is 1. The van der Waals surface area contributed by atoms with Crippen molar-refractivity contribution in [3.8, 4) is 0 Å². The molecule has 152 valence electrons. The van der Waals surface area contributed by atoms with Gasteiger partial charge in [0.05, 0.1) is 18.4 Å². The van der Waals surface area contributed by atoms with Gasteiger partial charge in [-0.3, -0.25) is 19.7 Å². The first-order chi connectivity index (χ1) is 12.9. The molecule has 0 radical (unpaired) electrons. The monoisotopic (exact) mass is 381 g/mol. The number of Topliss-reactive ketones (excluding diaryl/α,β-unsaturated/α-hetero) is 1. The fourth-order valence-corrected chi connectivity index (χ4v) is 3.43. The largest absolute Gasteiger partial charge is 0.481 e. The highest BCUT2D eigenvalue weighted by Crippen LogP contribution is 2.35.